The van der Waals surface area contributed by atoms with Crippen LogP contribution in [0.5, 0.6) is 5.75 Å². The minimum Gasteiger partial charge on any atom is -0.496 e. The van der Waals surface area contributed by atoms with Crippen LogP contribution in [0.2, 0.25) is 0 Å². The monoisotopic (exact) mass is 351 g/mol. The van der Waals surface area contributed by atoms with E-state index in [1.165, 1.54) is 7.11 Å². The number of nitrogens with zero attached hydrogens (tertiary/aromatic N) is 2. The van der Waals surface area contributed by atoms with Gasteiger partial charge in [0.2, 0.25) is 0 Å². The van der Waals surface area contributed by atoms with Crippen LogP contribution in [0.4, 0.5) is 5.82 Å². The van der Waals surface area contributed by atoms with Crippen LogP contribution in [0, 0.1) is 6.92 Å². The fraction of sp³-hybridized carbons (Fsp3) is 0.214. The van der Waals surface area contributed by atoms with Gasteiger partial charge in [0.25, 0.3) is 0 Å². The average Bonchev–Trinajstić information content (AvgIpc) is 2.46. The highest BCUT2D eigenvalue weighted by atomic mass is 79.9. The van der Waals surface area contributed by atoms with Gasteiger partial charge in [0.15, 0.2) is 5.82 Å². The van der Waals surface area contributed by atoms with Gasteiger partial charge in [-0.05, 0) is 41.1 Å². The summed E-state index contributed by atoms with van der Waals surface area (Å²) in [5.74, 6) is 0.680. The van der Waals surface area contributed by atoms with Gasteiger partial charge in [-0.3, -0.25) is 0 Å². The normalized spacial score (nSPS) is 10.3. The Labute approximate surface area is 130 Å². The first-order valence-corrected chi connectivity index (χ1v) is 6.83. The summed E-state index contributed by atoms with van der Waals surface area (Å²) in [7, 11) is 2.87. The summed E-state index contributed by atoms with van der Waals surface area (Å²) in [6.07, 6.45) is 0. The van der Waals surface area contributed by atoms with Gasteiger partial charge in [-0.15, -0.1) is 0 Å². The first-order valence-electron chi connectivity index (χ1n) is 6.04. The van der Waals surface area contributed by atoms with Crippen LogP contribution in [0.25, 0.3) is 11.4 Å². The highest BCUT2D eigenvalue weighted by Crippen LogP contribution is 2.30. The van der Waals surface area contributed by atoms with E-state index in [1.54, 1.807) is 20.1 Å². The lowest BCUT2D eigenvalue weighted by Gasteiger charge is -2.10. The van der Waals surface area contributed by atoms with Crippen molar-refractivity contribution in [1.29, 1.82) is 0 Å². The van der Waals surface area contributed by atoms with Gasteiger partial charge in [0, 0.05) is 5.56 Å². The third kappa shape index (κ3) is 2.97. The summed E-state index contributed by atoms with van der Waals surface area (Å²) in [5, 5.41) is 0. The molecule has 2 N–H and O–H groups in total. The number of anilines is 1. The maximum Gasteiger partial charge on any atom is 0.343 e. The Kier molecular flexibility index (Phi) is 4.42. The van der Waals surface area contributed by atoms with Crippen molar-refractivity contribution in [2.75, 3.05) is 20.0 Å². The lowest BCUT2D eigenvalue weighted by atomic mass is 10.1. The fourth-order valence-corrected chi connectivity index (χ4v) is 2.42. The van der Waals surface area contributed by atoms with E-state index in [1.807, 2.05) is 12.1 Å². The number of halogens is 1. The smallest absolute Gasteiger partial charge is 0.343 e. The molecule has 1 aromatic heterocycles. The van der Waals surface area contributed by atoms with Gasteiger partial charge in [0.05, 0.1) is 24.4 Å². The molecule has 0 fully saturated rings. The largest absolute Gasteiger partial charge is 0.496 e. The van der Waals surface area contributed by atoms with Gasteiger partial charge < -0.3 is 15.2 Å². The molecule has 110 valence electrons. The molecule has 0 atom stereocenters. The fourth-order valence-electron chi connectivity index (χ4n) is 1.88. The van der Waals surface area contributed by atoms with Gasteiger partial charge in [-0.1, -0.05) is 0 Å². The van der Waals surface area contributed by atoms with Crippen molar-refractivity contribution in [2.24, 2.45) is 0 Å². The minimum absolute atomic E-state index is 0.0938. The highest BCUT2D eigenvalue weighted by molar-refractivity contribution is 9.10. The Balaban J connectivity index is 2.51. The molecule has 0 bridgehead atoms. The van der Waals surface area contributed by atoms with Crippen LogP contribution in [0.1, 0.15) is 16.1 Å². The first-order chi connectivity index (χ1) is 9.97. The zero-order valence-corrected chi connectivity index (χ0v) is 13.4. The Morgan fingerprint density at radius 2 is 2.00 bits per heavy atom. The van der Waals surface area contributed by atoms with E-state index in [-0.39, 0.29) is 11.4 Å². The summed E-state index contributed by atoms with van der Waals surface area (Å²) < 4.78 is 10.6. The van der Waals surface area contributed by atoms with E-state index in [4.69, 9.17) is 10.5 Å². The molecule has 2 rings (SSSR count). The molecular formula is C14H14BrN3O3. The predicted molar refractivity (Wildman–Crippen MR) is 82.2 cm³/mol. The molecule has 6 nitrogen and oxygen atoms in total. The third-order valence-electron chi connectivity index (χ3n) is 2.92. The third-order valence-corrected chi connectivity index (χ3v) is 3.54. The van der Waals surface area contributed by atoms with Crippen LogP contribution in [-0.2, 0) is 4.74 Å². The summed E-state index contributed by atoms with van der Waals surface area (Å²) >= 11 is 3.40. The van der Waals surface area contributed by atoms with Crippen LogP contribution in [-0.4, -0.2) is 30.2 Å². The molecule has 0 aliphatic rings. The molecule has 0 aliphatic carbocycles. The number of nitrogens with two attached hydrogens (primary N) is 1. The van der Waals surface area contributed by atoms with E-state index in [0.29, 0.717) is 17.3 Å². The van der Waals surface area contributed by atoms with Crippen molar-refractivity contribution in [3.63, 3.8) is 0 Å². The molecule has 1 heterocycles. The molecule has 0 radical (unpaired) electrons. The number of methoxy groups -OCH3 is 2. The second-order valence-electron chi connectivity index (χ2n) is 4.23. The minimum atomic E-state index is -0.549. The Hall–Kier alpha value is -2.15. The maximum atomic E-state index is 11.6. The molecule has 0 amide bonds. The van der Waals surface area contributed by atoms with E-state index in [2.05, 4.69) is 30.6 Å². The number of hydrogen-bond donors (Lipinski definition) is 1. The molecule has 21 heavy (non-hydrogen) atoms. The molecule has 0 saturated heterocycles. The number of carbonyl (C=O) groups excluding carboxylic acids is 1. The number of carbonyl (C=O) groups is 1. The van der Waals surface area contributed by atoms with E-state index >= 15 is 0 Å². The van der Waals surface area contributed by atoms with E-state index in [9.17, 15) is 4.79 Å². The first kappa shape index (κ1) is 15.2. The molecule has 7 heteroatoms. The van der Waals surface area contributed by atoms with Crippen molar-refractivity contribution in [1.82, 2.24) is 9.97 Å². The number of nitrogen functional groups attached to an aromatic ring is 1. The lowest BCUT2D eigenvalue weighted by Crippen LogP contribution is -2.12. The Morgan fingerprint density at radius 1 is 1.29 bits per heavy atom. The van der Waals surface area contributed by atoms with Gasteiger partial charge in [-0.25, -0.2) is 14.8 Å². The van der Waals surface area contributed by atoms with Crippen molar-refractivity contribution < 1.29 is 14.3 Å². The molecular weight excluding hydrogens is 338 g/mol. The molecule has 0 aliphatic heterocycles. The van der Waals surface area contributed by atoms with Crippen LogP contribution >= 0.6 is 15.9 Å². The molecule has 0 spiro atoms. The quantitative estimate of drug-likeness (QED) is 0.855. The van der Waals surface area contributed by atoms with E-state index < -0.39 is 5.97 Å². The van der Waals surface area contributed by atoms with Crippen LogP contribution < -0.4 is 10.5 Å². The number of esters is 1. The summed E-state index contributed by atoms with van der Waals surface area (Å²) in [6, 6.07) is 5.43. The Morgan fingerprint density at radius 3 is 2.52 bits per heavy atom. The van der Waals surface area contributed by atoms with Crippen molar-refractivity contribution in [3.05, 3.63) is 33.9 Å². The summed E-state index contributed by atoms with van der Waals surface area (Å²) in [6.45, 7) is 1.69. The van der Waals surface area contributed by atoms with Crippen molar-refractivity contribution >= 4 is 27.7 Å². The molecule has 2 aromatic rings. The van der Waals surface area contributed by atoms with Gasteiger partial charge in [-0.2, -0.15) is 0 Å². The predicted octanol–water partition coefficient (Wildman–Crippen LogP) is 2.59. The van der Waals surface area contributed by atoms with Crippen LogP contribution in [0.15, 0.2) is 22.7 Å². The highest BCUT2D eigenvalue weighted by Gasteiger charge is 2.18. The van der Waals surface area contributed by atoms with E-state index in [0.717, 1.165) is 10.0 Å². The second-order valence-corrected chi connectivity index (χ2v) is 5.09. The topological polar surface area (TPSA) is 87.3 Å². The lowest BCUT2D eigenvalue weighted by molar-refractivity contribution is 0.0600. The standard InChI is InChI=1S/C14H14BrN3O3/c1-7-11(14(19)21-3)12(16)18-13(17-7)8-4-5-10(20-2)9(15)6-8/h4-6H,1-3H3,(H2,16,17,18). The number of benzene rings is 1. The molecule has 1 aromatic carbocycles. The number of rotatable bonds is 3. The SMILES string of the molecule is COC(=O)c1c(C)nc(-c2ccc(OC)c(Br)c2)nc1N. The molecule has 0 saturated carbocycles. The van der Waals surface area contributed by atoms with Crippen molar-refractivity contribution in [3.8, 4) is 17.1 Å². The number of aryl methyl sites for hydroxylation is 1. The zero-order valence-electron chi connectivity index (χ0n) is 11.8. The summed E-state index contributed by atoms with van der Waals surface area (Å²) in [4.78, 5) is 20.1. The van der Waals surface area contributed by atoms with Crippen LogP contribution in [0.3, 0.4) is 0 Å². The van der Waals surface area contributed by atoms with Crippen molar-refractivity contribution in [2.45, 2.75) is 6.92 Å². The Bertz CT molecular complexity index is 681. The number of ether oxygens (including phenoxy) is 2. The maximum absolute atomic E-state index is 11.6. The molecule has 0 unspecified atom stereocenters. The second kappa shape index (κ2) is 6.09. The number of hydrogen-bond acceptors (Lipinski definition) is 6. The number of aromatic nitrogens is 2. The summed E-state index contributed by atoms with van der Waals surface area (Å²) in [5.41, 5.74) is 7.26. The van der Waals surface area contributed by atoms with Gasteiger partial charge in [0.1, 0.15) is 17.1 Å². The van der Waals surface area contributed by atoms with Gasteiger partial charge >= 0.3 is 5.97 Å². The zero-order chi connectivity index (χ0) is 15.6. The average molecular weight is 352 g/mol.